The van der Waals surface area contributed by atoms with Crippen LogP contribution in [0.2, 0.25) is 0 Å². The van der Waals surface area contributed by atoms with Crippen molar-refractivity contribution in [1.82, 2.24) is 5.32 Å². The molecule has 0 saturated heterocycles. The van der Waals surface area contributed by atoms with Crippen molar-refractivity contribution < 1.29 is 14.3 Å². The molecule has 2 rings (SSSR count). The standard InChI is InChI=1S/C23H28N4O3/c1-23(2,3)30-22(29)25-20(15-18-12-8-5-9-13-18)21(28)16-19(26-27-24)14-17-10-6-4-7-11-17/h4-13,19-20H,14-16H2,1-3H3,(H,25,29)/t19-,20+/m1/s1. The number of Topliss-reactive ketones (excluding diaryl/α,β-unsaturated/α-hetero) is 1. The zero-order chi connectivity index (χ0) is 22.0. The van der Waals surface area contributed by atoms with Crippen molar-refractivity contribution in [3.05, 3.63) is 82.2 Å². The van der Waals surface area contributed by atoms with Crippen LogP contribution in [0.3, 0.4) is 0 Å². The molecule has 0 spiro atoms. The van der Waals surface area contributed by atoms with Gasteiger partial charge >= 0.3 is 6.09 Å². The Balaban J connectivity index is 2.14. The third-order valence-corrected chi connectivity index (χ3v) is 4.33. The van der Waals surface area contributed by atoms with E-state index in [-0.39, 0.29) is 12.2 Å². The Labute approximate surface area is 177 Å². The smallest absolute Gasteiger partial charge is 0.408 e. The molecular weight excluding hydrogens is 380 g/mol. The fourth-order valence-electron chi connectivity index (χ4n) is 3.03. The van der Waals surface area contributed by atoms with E-state index in [1.165, 1.54) is 0 Å². The number of amides is 1. The molecule has 0 aliphatic carbocycles. The first-order valence-corrected chi connectivity index (χ1v) is 9.91. The second-order valence-electron chi connectivity index (χ2n) is 8.11. The maximum absolute atomic E-state index is 13.1. The van der Waals surface area contributed by atoms with Crippen molar-refractivity contribution in [3.63, 3.8) is 0 Å². The van der Waals surface area contributed by atoms with Crippen molar-refractivity contribution in [3.8, 4) is 0 Å². The van der Waals surface area contributed by atoms with Gasteiger partial charge in [0.2, 0.25) is 0 Å². The summed E-state index contributed by atoms with van der Waals surface area (Å²) in [5.41, 5.74) is 10.1. The second-order valence-corrected chi connectivity index (χ2v) is 8.11. The summed E-state index contributed by atoms with van der Waals surface area (Å²) in [6.45, 7) is 5.29. The number of carbonyl (C=O) groups is 2. The SMILES string of the molecule is CC(C)(C)OC(=O)N[C@@H](Cc1ccccc1)C(=O)C[C@@H](Cc1ccccc1)N=[N+]=[N-]. The van der Waals surface area contributed by atoms with Gasteiger partial charge in [-0.25, -0.2) is 4.79 Å². The summed E-state index contributed by atoms with van der Waals surface area (Å²) in [6.07, 6.45) is 0.140. The molecule has 0 heterocycles. The minimum Gasteiger partial charge on any atom is -0.444 e. The lowest BCUT2D eigenvalue weighted by atomic mass is 9.95. The van der Waals surface area contributed by atoms with Crippen molar-refractivity contribution in [2.45, 2.75) is 57.7 Å². The highest BCUT2D eigenvalue weighted by molar-refractivity contribution is 5.88. The zero-order valence-electron chi connectivity index (χ0n) is 17.6. The van der Waals surface area contributed by atoms with Crippen LogP contribution in [0.5, 0.6) is 0 Å². The Hall–Kier alpha value is -3.31. The second kappa shape index (κ2) is 11.0. The summed E-state index contributed by atoms with van der Waals surface area (Å²) >= 11 is 0. The number of alkyl carbamates (subject to hydrolysis) is 1. The number of hydrogen-bond acceptors (Lipinski definition) is 4. The van der Waals surface area contributed by atoms with E-state index >= 15 is 0 Å². The van der Waals surface area contributed by atoms with Crippen LogP contribution in [0.25, 0.3) is 10.4 Å². The van der Waals surface area contributed by atoms with E-state index < -0.39 is 23.8 Å². The van der Waals surface area contributed by atoms with E-state index in [0.717, 1.165) is 11.1 Å². The number of ketones is 1. The average molecular weight is 409 g/mol. The Morgan fingerprint density at radius 3 is 2.03 bits per heavy atom. The molecule has 158 valence electrons. The van der Waals surface area contributed by atoms with Crippen LogP contribution >= 0.6 is 0 Å². The first-order valence-electron chi connectivity index (χ1n) is 9.91. The van der Waals surface area contributed by atoms with Crippen LogP contribution < -0.4 is 5.32 Å². The third-order valence-electron chi connectivity index (χ3n) is 4.33. The van der Waals surface area contributed by atoms with Crippen LogP contribution in [0.1, 0.15) is 38.3 Å². The number of hydrogen-bond donors (Lipinski definition) is 1. The topological polar surface area (TPSA) is 104 Å². The minimum atomic E-state index is -0.783. The Morgan fingerprint density at radius 2 is 1.53 bits per heavy atom. The van der Waals surface area contributed by atoms with E-state index in [4.69, 9.17) is 10.3 Å². The van der Waals surface area contributed by atoms with Crippen LogP contribution in [0, 0.1) is 0 Å². The summed E-state index contributed by atoms with van der Waals surface area (Å²) in [4.78, 5) is 28.3. The maximum Gasteiger partial charge on any atom is 0.408 e. The Morgan fingerprint density at radius 1 is 1.00 bits per heavy atom. The number of nitrogens with zero attached hydrogens (tertiary/aromatic N) is 3. The first kappa shape index (κ1) is 23.0. The largest absolute Gasteiger partial charge is 0.444 e. The molecular formula is C23H28N4O3. The van der Waals surface area contributed by atoms with Gasteiger partial charge in [-0.05, 0) is 50.3 Å². The highest BCUT2D eigenvalue weighted by Crippen LogP contribution is 2.14. The molecule has 7 nitrogen and oxygen atoms in total. The van der Waals surface area contributed by atoms with E-state index in [1.54, 1.807) is 20.8 Å². The molecule has 0 bridgehead atoms. The van der Waals surface area contributed by atoms with Crippen LogP contribution in [0.4, 0.5) is 4.79 Å². The molecule has 0 fully saturated rings. The quantitative estimate of drug-likeness (QED) is 0.358. The summed E-state index contributed by atoms with van der Waals surface area (Å²) in [6, 6.07) is 17.6. The van der Waals surface area contributed by atoms with Crippen molar-refractivity contribution >= 4 is 11.9 Å². The van der Waals surface area contributed by atoms with E-state index in [2.05, 4.69) is 15.3 Å². The van der Waals surface area contributed by atoms with Gasteiger partial charge in [0.1, 0.15) is 5.60 Å². The highest BCUT2D eigenvalue weighted by Gasteiger charge is 2.26. The van der Waals surface area contributed by atoms with E-state index in [0.29, 0.717) is 12.8 Å². The predicted molar refractivity (Wildman–Crippen MR) is 116 cm³/mol. The number of benzene rings is 2. The molecule has 30 heavy (non-hydrogen) atoms. The summed E-state index contributed by atoms with van der Waals surface area (Å²) in [5, 5.41) is 6.49. The average Bonchev–Trinajstić information content (AvgIpc) is 2.68. The normalized spacial score (nSPS) is 12.9. The monoisotopic (exact) mass is 408 g/mol. The Bertz CT molecular complexity index is 872. The maximum atomic E-state index is 13.1. The number of carbonyl (C=O) groups excluding carboxylic acids is 2. The van der Waals surface area contributed by atoms with Crippen molar-refractivity contribution in [1.29, 1.82) is 0 Å². The molecule has 0 unspecified atom stereocenters. The van der Waals surface area contributed by atoms with Gasteiger partial charge in [-0.2, -0.15) is 0 Å². The fraction of sp³-hybridized carbons (Fsp3) is 0.391. The van der Waals surface area contributed by atoms with Gasteiger partial charge in [-0.15, -0.1) is 0 Å². The zero-order valence-corrected chi connectivity index (χ0v) is 17.6. The molecule has 2 atom stereocenters. The predicted octanol–water partition coefficient (Wildman–Crippen LogP) is 5.00. The van der Waals surface area contributed by atoms with Crippen LogP contribution in [-0.2, 0) is 22.4 Å². The molecule has 1 amide bonds. The van der Waals surface area contributed by atoms with Gasteiger partial charge < -0.3 is 10.1 Å². The molecule has 7 heteroatoms. The number of azide groups is 1. The van der Waals surface area contributed by atoms with Crippen molar-refractivity contribution in [2.24, 2.45) is 5.11 Å². The molecule has 0 radical (unpaired) electrons. The molecule has 0 aliphatic rings. The number of rotatable bonds is 9. The van der Waals surface area contributed by atoms with Gasteiger partial charge in [0.15, 0.2) is 5.78 Å². The number of nitrogens with one attached hydrogen (secondary N) is 1. The number of ether oxygens (including phenoxy) is 1. The molecule has 0 aliphatic heterocycles. The summed E-state index contributed by atoms with van der Waals surface area (Å²) in [7, 11) is 0. The molecule has 2 aromatic rings. The minimum absolute atomic E-state index is 0.0201. The van der Waals surface area contributed by atoms with Crippen molar-refractivity contribution in [2.75, 3.05) is 0 Å². The Kier molecular flexibility index (Phi) is 8.44. The van der Waals surface area contributed by atoms with Gasteiger partial charge in [0.25, 0.3) is 0 Å². The third kappa shape index (κ3) is 8.37. The lowest BCUT2D eigenvalue weighted by Gasteiger charge is -2.24. The molecule has 1 N–H and O–H groups in total. The fourth-order valence-corrected chi connectivity index (χ4v) is 3.03. The lowest BCUT2D eigenvalue weighted by molar-refractivity contribution is -0.121. The summed E-state index contributed by atoms with van der Waals surface area (Å²) in [5.74, 6) is -0.210. The van der Waals surface area contributed by atoms with E-state index in [1.807, 2.05) is 60.7 Å². The van der Waals surface area contributed by atoms with Gasteiger partial charge in [-0.3, -0.25) is 4.79 Å². The first-order chi connectivity index (χ1) is 14.3. The highest BCUT2D eigenvalue weighted by atomic mass is 16.6. The van der Waals surface area contributed by atoms with E-state index in [9.17, 15) is 9.59 Å². The molecule has 2 aromatic carbocycles. The molecule has 0 saturated carbocycles. The van der Waals surface area contributed by atoms with Gasteiger partial charge in [0, 0.05) is 17.4 Å². The molecule has 0 aromatic heterocycles. The summed E-state index contributed by atoms with van der Waals surface area (Å²) < 4.78 is 5.32. The lowest BCUT2D eigenvalue weighted by Crippen LogP contribution is -2.45. The van der Waals surface area contributed by atoms with Crippen LogP contribution in [0.15, 0.2) is 65.8 Å². The van der Waals surface area contributed by atoms with Crippen LogP contribution in [-0.4, -0.2) is 29.6 Å². The van der Waals surface area contributed by atoms with Gasteiger partial charge in [-0.1, -0.05) is 65.8 Å². The van der Waals surface area contributed by atoms with Gasteiger partial charge in [0.05, 0.1) is 6.04 Å².